The number of carbonyl (C=O) groups excluding carboxylic acids is 1. The Bertz CT molecular complexity index is 684. The number of pyridine rings is 1. The van der Waals surface area contributed by atoms with Crippen molar-refractivity contribution in [3.05, 3.63) is 47.9 Å². The number of hydrogen-bond donors (Lipinski definition) is 1. The summed E-state index contributed by atoms with van der Waals surface area (Å²) >= 11 is 0. The second-order valence-corrected chi connectivity index (χ2v) is 4.96. The Labute approximate surface area is 127 Å². The molecule has 1 aliphatic heterocycles. The highest BCUT2D eigenvalue weighted by atomic mass is 19.1. The summed E-state index contributed by atoms with van der Waals surface area (Å²) in [5.74, 6) is -0.649. The van der Waals surface area contributed by atoms with Crippen molar-refractivity contribution in [2.75, 3.05) is 20.2 Å². The minimum Gasteiger partial charge on any atom is -0.486 e. The summed E-state index contributed by atoms with van der Waals surface area (Å²) in [6, 6.07) is 7.85. The Balaban J connectivity index is 1.78. The molecule has 0 saturated carbocycles. The summed E-state index contributed by atoms with van der Waals surface area (Å²) in [4.78, 5) is 15.6. The Kier molecular flexibility index (Phi) is 4.02. The van der Waals surface area contributed by atoms with Gasteiger partial charge in [-0.15, -0.1) is 0 Å². The van der Waals surface area contributed by atoms with E-state index in [1.54, 1.807) is 24.4 Å². The number of methoxy groups -OCH3 is 1. The molecule has 6 heteroatoms. The van der Waals surface area contributed by atoms with Gasteiger partial charge in [0.1, 0.15) is 17.7 Å². The Morgan fingerprint density at radius 2 is 2.14 bits per heavy atom. The average Bonchev–Trinajstić information content (AvgIpc) is 2.50. The normalized spacial score (nSPS) is 14.3. The third kappa shape index (κ3) is 2.92. The zero-order valence-corrected chi connectivity index (χ0v) is 12.0. The molecule has 0 unspecified atom stereocenters. The zero-order valence-electron chi connectivity index (χ0n) is 12.0. The molecule has 5 nitrogen and oxygen atoms in total. The lowest BCUT2D eigenvalue weighted by atomic mass is 10.1. The molecule has 0 spiro atoms. The lowest BCUT2D eigenvalue weighted by Crippen LogP contribution is -2.50. The second kappa shape index (κ2) is 6.11. The SMILES string of the molecule is COC(=O)c1ccc(-c2ccc(OC3CNC3)cn2)cc1F. The van der Waals surface area contributed by atoms with Gasteiger partial charge in [0, 0.05) is 18.7 Å². The summed E-state index contributed by atoms with van der Waals surface area (Å²) in [6.45, 7) is 1.67. The fourth-order valence-corrected chi connectivity index (χ4v) is 2.11. The van der Waals surface area contributed by atoms with Crippen molar-refractivity contribution in [2.24, 2.45) is 0 Å². The molecule has 1 saturated heterocycles. The summed E-state index contributed by atoms with van der Waals surface area (Å²) in [5.41, 5.74) is 1.10. The molecule has 1 aromatic heterocycles. The number of esters is 1. The fourth-order valence-electron chi connectivity index (χ4n) is 2.11. The van der Waals surface area contributed by atoms with Gasteiger partial charge in [-0.3, -0.25) is 4.98 Å². The first kappa shape index (κ1) is 14.5. The quantitative estimate of drug-likeness (QED) is 0.876. The van der Waals surface area contributed by atoms with E-state index in [-0.39, 0.29) is 11.7 Å². The molecule has 0 bridgehead atoms. The van der Waals surface area contributed by atoms with Gasteiger partial charge in [-0.2, -0.15) is 0 Å². The smallest absolute Gasteiger partial charge is 0.340 e. The van der Waals surface area contributed by atoms with Gasteiger partial charge in [0.2, 0.25) is 0 Å². The van der Waals surface area contributed by atoms with E-state index in [9.17, 15) is 9.18 Å². The zero-order chi connectivity index (χ0) is 15.5. The highest BCUT2D eigenvalue weighted by Gasteiger charge is 2.18. The van der Waals surface area contributed by atoms with Crippen LogP contribution in [0.3, 0.4) is 0 Å². The number of nitrogens with zero attached hydrogens (tertiary/aromatic N) is 1. The van der Waals surface area contributed by atoms with Crippen LogP contribution in [0.2, 0.25) is 0 Å². The van der Waals surface area contributed by atoms with Crippen LogP contribution in [0.25, 0.3) is 11.3 Å². The fraction of sp³-hybridized carbons (Fsp3) is 0.250. The van der Waals surface area contributed by atoms with E-state index in [0.29, 0.717) is 17.0 Å². The second-order valence-electron chi connectivity index (χ2n) is 4.96. The number of benzene rings is 1. The minimum absolute atomic E-state index is 0.0938. The topological polar surface area (TPSA) is 60.5 Å². The number of rotatable bonds is 4. The molecule has 0 amide bonds. The van der Waals surface area contributed by atoms with E-state index >= 15 is 0 Å². The van der Waals surface area contributed by atoms with E-state index in [1.165, 1.54) is 19.2 Å². The van der Waals surface area contributed by atoms with Crippen molar-refractivity contribution in [1.82, 2.24) is 10.3 Å². The third-order valence-electron chi connectivity index (χ3n) is 3.45. The van der Waals surface area contributed by atoms with Crippen LogP contribution in [0, 0.1) is 5.82 Å². The first-order chi connectivity index (χ1) is 10.7. The van der Waals surface area contributed by atoms with Crippen molar-refractivity contribution in [3.8, 4) is 17.0 Å². The highest BCUT2D eigenvalue weighted by molar-refractivity contribution is 5.90. The monoisotopic (exact) mass is 302 g/mol. The molecule has 0 aliphatic carbocycles. The molecule has 0 radical (unpaired) electrons. The van der Waals surface area contributed by atoms with Gasteiger partial charge in [0.15, 0.2) is 0 Å². The molecule has 0 atom stereocenters. The van der Waals surface area contributed by atoms with Crippen molar-refractivity contribution in [1.29, 1.82) is 0 Å². The molecule has 1 fully saturated rings. The van der Waals surface area contributed by atoms with Crippen molar-refractivity contribution in [3.63, 3.8) is 0 Å². The lowest BCUT2D eigenvalue weighted by Gasteiger charge is -2.27. The molecular formula is C16H15FN2O3. The van der Waals surface area contributed by atoms with Gasteiger partial charge >= 0.3 is 5.97 Å². The predicted molar refractivity (Wildman–Crippen MR) is 78.3 cm³/mol. The molecule has 22 heavy (non-hydrogen) atoms. The van der Waals surface area contributed by atoms with Crippen LogP contribution in [-0.4, -0.2) is 37.3 Å². The van der Waals surface area contributed by atoms with Crippen LogP contribution in [-0.2, 0) is 4.74 Å². The molecule has 2 heterocycles. The average molecular weight is 302 g/mol. The number of ether oxygens (including phenoxy) is 2. The molecule has 114 valence electrons. The van der Waals surface area contributed by atoms with Crippen LogP contribution in [0.1, 0.15) is 10.4 Å². The molecule has 3 rings (SSSR count). The van der Waals surface area contributed by atoms with E-state index in [2.05, 4.69) is 15.0 Å². The molecule has 1 aromatic carbocycles. The Hall–Kier alpha value is -2.47. The largest absolute Gasteiger partial charge is 0.486 e. The molecule has 1 N–H and O–H groups in total. The number of hydrogen-bond acceptors (Lipinski definition) is 5. The van der Waals surface area contributed by atoms with E-state index < -0.39 is 11.8 Å². The van der Waals surface area contributed by atoms with Crippen molar-refractivity contribution < 1.29 is 18.7 Å². The van der Waals surface area contributed by atoms with Gasteiger partial charge in [-0.05, 0) is 24.3 Å². The number of nitrogens with one attached hydrogen (secondary N) is 1. The summed E-state index contributed by atoms with van der Waals surface area (Å²) in [7, 11) is 1.22. The van der Waals surface area contributed by atoms with Crippen LogP contribution < -0.4 is 10.1 Å². The standard InChI is InChI=1S/C16H15FN2O3/c1-21-16(20)13-4-2-10(6-14(13)17)15-5-3-11(9-19-15)22-12-7-18-8-12/h2-6,9,12,18H,7-8H2,1H3. The first-order valence-corrected chi connectivity index (χ1v) is 6.89. The highest BCUT2D eigenvalue weighted by Crippen LogP contribution is 2.23. The Morgan fingerprint density at radius 3 is 2.68 bits per heavy atom. The van der Waals surface area contributed by atoms with Gasteiger partial charge < -0.3 is 14.8 Å². The van der Waals surface area contributed by atoms with E-state index in [0.717, 1.165) is 13.1 Å². The molecular weight excluding hydrogens is 287 g/mol. The van der Waals surface area contributed by atoms with Crippen LogP contribution in [0.5, 0.6) is 5.75 Å². The van der Waals surface area contributed by atoms with Gasteiger partial charge in [-0.1, -0.05) is 6.07 Å². The summed E-state index contributed by atoms with van der Waals surface area (Å²) in [5, 5.41) is 3.12. The van der Waals surface area contributed by atoms with Crippen molar-refractivity contribution in [2.45, 2.75) is 6.10 Å². The molecule has 2 aromatic rings. The van der Waals surface area contributed by atoms with E-state index in [1.807, 2.05) is 0 Å². The van der Waals surface area contributed by atoms with Crippen LogP contribution in [0.15, 0.2) is 36.5 Å². The third-order valence-corrected chi connectivity index (χ3v) is 3.45. The number of aromatic nitrogens is 1. The van der Waals surface area contributed by atoms with Gasteiger partial charge in [-0.25, -0.2) is 9.18 Å². The first-order valence-electron chi connectivity index (χ1n) is 6.89. The van der Waals surface area contributed by atoms with Crippen LogP contribution in [0.4, 0.5) is 4.39 Å². The Morgan fingerprint density at radius 1 is 1.32 bits per heavy atom. The maximum absolute atomic E-state index is 13.9. The predicted octanol–water partition coefficient (Wildman–Crippen LogP) is 2.02. The minimum atomic E-state index is -0.699. The van der Waals surface area contributed by atoms with Crippen molar-refractivity contribution >= 4 is 5.97 Å². The number of carbonyl (C=O) groups is 1. The van der Waals surface area contributed by atoms with Gasteiger partial charge in [0.05, 0.1) is 24.6 Å². The maximum atomic E-state index is 13.9. The van der Waals surface area contributed by atoms with Crippen LogP contribution >= 0.6 is 0 Å². The lowest BCUT2D eigenvalue weighted by molar-refractivity contribution is 0.0595. The maximum Gasteiger partial charge on any atom is 0.340 e. The summed E-state index contributed by atoms with van der Waals surface area (Å²) in [6.07, 6.45) is 1.80. The molecule has 1 aliphatic rings. The summed E-state index contributed by atoms with van der Waals surface area (Å²) < 4.78 is 24.1. The van der Waals surface area contributed by atoms with Gasteiger partial charge in [0.25, 0.3) is 0 Å². The van der Waals surface area contributed by atoms with E-state index in [4.69, 9.17) is 4.74 Å². The number of halogens is 1.